The number of Topliss-reactive ketones (excluding diaryl/α,β-unsaturated/α-hetero) is 1. The molecule has 0 bridgehead atoms. The van der Waals surface area contributed by atoms with E-state index in [1.54, 1.807) is 6.08 Å². The number of carbonyl (C=O) groups is 2. The molecule has 3 aliphatic rings. The van der Waals surface area contributed by atoms with Crippen LogP contribution in [0.25, 0.3) is 0 Å². The zero-order valence-corrected chi connectivity index (χ0v) is 24.0. The minimum absolute atomic E-state index is 0.00285. The Morgan fingerprint density at radius 3 is 2.49 bits per heavy atom. The number of ether oxygens (including phenoxy) is 4. The van der Waals surface area contributed by atoms with Gasteiger partial charge < -0.3 is 24.1 Å². The number of unbranched alkanes of at least 4 members (excludes halogenated alkanes) is 1. The molecule has 2 unspecified atom stereocenters. The molecule has 0 aromatic rings. The third kappa shape index (κ3) is 11.7. The average Bonchev–Trinajstić information content (AvgIpc) is 3.22. The van der Waals surface area contributed by atoms with E-state index in [2.05, 4.69) is 26.0 Å². The highest BCUT2D eigenvalue weighted by Gasteiger charge is 2.42. The van der Waals surface area contributed by atoms with Crippen molar-refractivity contribution in [3.8, 4) is 0 Å². The third-order valence-electron chi connectivity index (χ3n) is 7.97. The summed E-state index contributed by atoms with van der Waals surface area (Å²) in [4.78, 5) is 24.0. The normalized spacial score (nSPS) is 30.0. The monoisotopic (exact) mass is 546 g/mol. The summed E-state index contributed by atoms with van der Waals surface area (Å²) in [5.74, 6) is -0.469. The predicted molar refractivity (Wildman–Crippen MR) is 151 cm³/mol. The summed E-state index contributed by atoms with van der Waals surface area (Å²) in [5.41, 5.74) is 0. The Kier molecular flexibility index (Phi) is 14.5. The Morgan fingerprint density at radius 1 is 1.08 bits per heavy atom. The maximum atomic E-state index is 13.3. The van der Waals surface area contributed by atoms with E-state index in [0.717, 1.165) is 57.6 Å². The van der Waals surface area contributed by atoms with Crippen LogP contribution in [0.1, 0.15) is 97.3 Å². The van der Waals surface area contributed by atoms with Gasteiger partial charge in [-0.15, -0.1) is 0 Å². The molecule has 1 N–H and O–H groups in total. The molecule has 3 fully saturated rings. The molecule has 2 saturated heterocycles. The van der Waals surface area contributed by atoms with E-state index in [1.165, 1.54) is 19.3 Å². The van der Waals surface area contributed by atoms with E-state index in [0.29, 0.717) is 31.8 Å². The van der Waals surface area contributed by atoms with Gasteiger partial charge in [0.1, 0.15) is 5.78 Å². The van der Waals surface area contributed by atoms with Gasteiger partial charge in [-0.3, -0.25) is 4.79 Å². The lowest BCUT2D eigenvalue weighted by Crippen LogP contribution is -2.31. The summed E-state index contributed by atoms with van der Waals surface area (Å²) in [7, 11) is 0. The second-order valence-electron chi connectivity index (χ2n) is 11.4. The Bertz CT molecular complexity index is 807. The standard InChI is InChI=1S/C32H50O7/c1-3-4-13-24(2)22-25(38-31-16-9-11-20-36-31)18-19-26-27(14-7-5-6-8-15-30(34)35)29(23-28(26)33)39-32-17-10-12-21-37-32/h5,7-8,15,18-19,24-27,29,31-32H,3-4,6,9-14,16-17,20-23H2,1-2H3,(H,34,35)/b7-5-,15-8+,19-18+/t24-,25+,26+,27+,29-,31?,32?/m0/s1. The lowest BCUT2D eigenvalue weighted by Gasteiger charge is -2.29. The van der Waals surface area contributed by atoms with Crippen LogP contribution in [0.3, 0.4) is 0 Å². The average molecular weight is 547 g/mol. The largest absolute Gasteiger partial charge is 0.478 e. The molecular weight excluding hydrogens is 496 g/mol. The number of hydrogen-bond donors (Lipinski definition) is 1. The predicted octanol–water partition coefficient (Wildman–Crippen LogP) is 6.77. The highest BCUT2D eigenvalue weighted by atomic mass is 16.7. The first kappa shape index (κ1) is 31.7. The maximum absolute atomic E-state index is 13.3. The first-order chi connectivity index (χ1) is 19.0. The highest BCUT2D eigenvalue weighted by Crippen LogP contribution is 2.37. The smallest absolute Gasteiger partial charge is 0.327 e. The van der Waals surface area contributed by atoms with Gasteiger partial charge in [0, 0.05) is 37.5 Å². The van der Waals surface area contributed by atoms with E-state index in [4.69, 9.17) is 24.1 Å². The molecule has 0 radical (unpaired) electrons. The number of carboxylic acid groups (broad SMARTS) is 1. The van der Waals surface area contributed by atoms with Gasteiger partial charge in [-0.2, -0.15) is 0 Å². The third-order valence-corrected chi connectivity index (χ3v) is 7.97. The summed E-state index contributed by atoms with van der Waals surface area (Å²) in [6, 6.07) is 0. The van der Waals surface area contributed by atoms with Crippen molar-refractivity contribution in [3.05, 3.63) is 36.5 Å². The fourth-order valence-electron chi connectivity index (χ4n) is 5.77. The van der Waals surface area contributed by atoms with Gasteiger partial charge in [0.25, 0.3) is 0 Å². The van der Waals surface area contributed by atoms with Crippen LogP contribution < -0.4 is 0 Å². The number of allylic oxidation sites excluding steroid dienone is 4. The van der Waals surface area contributed by atoms with Crippen molar-refractivity contribution in [3.63, 3.8) is 0 Å². The van der Waals surface area contributed by atoms with Crippen molar-refractivity contribution in [2.45, 2.75) is 122 Å². The van der Waals surface area contributed by atoms with Crippen LogP contribution in [-0.4, -0.2) is 54.9 Å². The Balaban J connectivity index is 1.70. The molecule has 7 heteroatoms. The molecule has 0 aromatic heterocycles. The number of hydrogen-bond acceptors (Lipinski definition) is 6. The summed E-state index contributed by atoms with van der Waals surface area (Å²) < 4.78 is 24.5. The molecule has 7 atom stereocenters. The Morgan fingerprint density at radius 2 is 1.82 bits per heavy atom. The summed E-state index contributed by atoms with van der Waals surface area (Å²) >= 11 is 0. The second-order valence-corrected chi connectivity index (χ2v) is 11.4. The minimum Gasteiger partial charge on any atom is -0.478 e. The zero-order valence-electron chi connectivity index (χ0n) is 24.0. The Hall–Kier alpha value is -1.80. The maximum Gasteiger partial charge on any atom is 0.327 e. The molecule has 0 amide bonds. The van der Waals surface area contributed by atoms with Crippen LogP contribution in [0.2, 0.25) is 0 Å². The van der Waals surface area contributed by atoms with Crippen LogP contribution in [0.15, 0.2) is 36.5 Å². The summed E-state index contributed by atoms with van der Waals surface area (Å²) in [5, 5.41) is 8.80. The van der Waals surface area contributed by atoms with Gasteiger partial charge in [-0.25, -0.2) is 4.79 Å². The molecule has 2 aliphatic heterocycles. The van der Waals surface area contributed by atoms with Gasteiger partial charge in [-0.1, -0.05) is 63.5 Å². The van der Waals surface area contributed by atoms with Gasteiger partial charge >= 0.3 is 5.97 Å². The molecule has 7 nitrogen and oxygen atoms in total. The molecule has 1 aliphatic carbocycles. The molecule has 3 rings (SSSR count). The second kappa shape index (κ2) is 17.8. The molecule has 0 aromatic carbocycles. The van der Waals surface area contributed by atoms with E-state index >= 15 is 0 Å². The van der Waals surface area contributed by atoms with Crippen LogP contribution in [0, 0.1) is 17.8 Å². The summed E-state index contributed by atoms with van der Waals surface area (Å²) in [6.45, 7) is 5.94. The molecular formula is C32H50O7. The molecule has 1 saturated carbocycles. The first-order valence-corrected chi connectivity index (χ1v) is 15.3. The fourth-order valence-corrected chi connectivity index (χ4v) is 5.77. The van der Waals surface area contributed by atoms with Crippen LogP contribution in [0.4, 0.5) is 0 Å². The van der Waals surface area contributed by atoms with Gasteiger partial charge in [0.15, 0.2) is 12.6 Å². The van der Waals surface area contributed by atoms with E-state index in [1.807, 2.05) is 12.2 Å². The van der Waals surface area contributed by atoms with Gasteiger partial charge in [0.2, 0.25) is 0 Å². The number of aliphatic carboxylic acids is 1. The zero-order chi connectivity index (χ0) is 27.9. The molecule has 0 spiro atoms. The van der Waals surface area contributed by atoms with Gasteiger partial charge in [0.05, 0.1) is 12.2 Å². The van der Waals surface area contributed by atoms with Crippen molar-refractivity contribution in [2.75, 3.05) is 13.2 Å². The lowest BCUT2D eigenvalue weighted by atomic mass is 9.89. The van der Waals surface area contributed by atoms with Crippen LogP contribution >= 0.6 is 0 Å². The minimum atomic E-state index is -0.949. The van der Waals surface area contributed by atoms with Crippen molar-refractivity contribution < 1.29 is 33.6 Å². The number of carbonyl (C=O) groups excluding carboxylic acids is 1. The number of rotatable bonds is 16. The van der Waals surface area contributed by atoms with Crippen molar-refractivity contribution in [1.29, 1.82) is 0 Å². The Labute approximate surface area is 235 Å². The molecule has 2 heterocycles. The van der Waals surface area contributed by atoms with Crippen LogP contribution in [-0.2, 0) is 28.5 Å². The molecule has 39 heavy (non-hydrogen) atoms. The first-order valence-electron chi connectivity index (χ1n) is 15.3. The van der Waals surface area contributed by atoms with Crippen molar-refractivity contribution >= 4 is 11.8 Å². The quantitative estimate of drug-likeness (QED) is 0.169. The summed E-state index contributed by atoms with van der Waals surface area (Å²) in [6.07, 6.45) is 22.4. The van der Waals surface area contributed by atoms with Crippen molar-refractivity contribution in [1.82, 2.24) is 0 Å². The lowest BCUT2D eigenvalue weighted by molar-refractivity contribution is -0.195. The SMILES string of the molecule is CCCC[C@H](C)C[C@@H](/C=C/[C@H]1C(=O)C[C@H](OC2CCCCO2)[C@@H]1C/C=C\C/C=C/C(=O)O)OC1CCCCO1. The van der Waals surface area contributed by atoms with Crippen molar-refractivity contribution in [2.24, 2.45) is 17.8 Å². The van der Waals surface area contributed by atoms with E-state index < -0.39 is 5.97 Å². The van der Waals surface area contributed by atoms with E-state index in [-0.39, 0.29) is 42.4 Å². The topological polar surface area (TPSA) is 91.3 Å². The molecule has 220 valence electrons. The number of ketones is 1. The van der Waals surface area contributed by atoms with Crippen LogP contribution in [0.5, 0.6) is 0 Å². The fraction of sp³-hybridized carbons (Fsp3) is 0.750. The van der Waals surface area contributed by atoms with E-state index in [9.17, 15) is 9.59 Å². The van der Waals surface area contributed by atoms with Gasteiger partial charge in [-0.05, 0) is 63.7 Å². The number of carboxylic acids is 1. The highest BCUT2D eigenvalue weighted by molar-refractivity contribution is 5.86.